The predicted octanol–water partition coefficient (Wildman–Crippen LogP) is 2.46. The molecule has 126 valence electrons. The van der Waals surface area contributed by atoms with Gasteiger partial charge in [0.15, 0.2) is 0 Å². The molecule has 0 aliphatic carbocycles. The van der Waals surface area contributed by atoms with Gasteiger partial charge in [0, 0.05) is 36.8 Å². The Morgan fingerprint density at radius 2 is 1.70 bits per heavy atom. The molecule has 8 heteroatoms. The molecule has 1 aromatic rings. The second kappa shape index (κ2) is 7.75. The van der Waals surface area contributed by atoms with Gasteiger partial charge in [-0.15, -0.1) is 0 Å². The van der Waals surface area contributed by atoms with Gasteiger partial charge in [-0.1, -0.05) is 23.2 Å². The summed E-state index contributed by atoms with van der Waals surface area (Å²) in [7, 11) is 2.84. The molecule has 1 aliphatic heterocycles. The van der Waals surface area contributed by atoms with Gasteiger partial charge >= 0.3 is 6.09 Å². The maximum atomic E-state index is 12.5. The Balaban J connectivity index is 2.02. The van der Waals surface area contributed by atoms with Crippen molar-refractivity contribution in [3.05, 3.63) is 27.7 Å². The monoisotopic (exact) mass is 360 g/mol. The largest absolute Gasteiger partial charge is 0.495 e. The van der Waals surface area contributed by atoms with E-state index in [1.165, 1.54) is 14.2 Å². The lowest BCUT2D eigenvalue weighted by atomic mass is 10.1. The Hall–Kier alpha value is -1.66. The minimum atomic E-state index is -0.375. The number of hydrogen-bond donors (Lipinski definition) is 0. The number of hydrogen-bond acceptors (Lipinski definition) is 4. The van der Waals surface area contributed by atoms with Crippen molar-refractivity contribution in [1.82, 2.24) is 9.80 Å². The number of benzene rings is 1. The van der Waals surface area contributed by atoms with Gasteiger partial charge in [-0.25, -0.2) is 4.79 Å². The standard InChI is InChI=1S/C15H18Cl2N2O4/c1-22-14-10(7-11(16)9-12(14)17)8-13(20)18-3-5-19(6-4-18)15(21)23-2/h7,9H,3-6,8H2,1-2H3. The molecule has 0 aromatic heterocycles. The summed E-state index contributed by atoms with van der Waals surface area (Å²) in [6.45, 7) is 1.83. The highest BCUT2D eigenvalue weighted by atomic mass is 35.5. The van der Waals surface area contributed by atoms with Crippen molar-refractivity contribution >= 4 is 35.2 Å². The third kappa shape index (κ3) is 4.20. The van der Waals surface area contributed by atoms with Crippen LogP contribution in [0.5, 0.6) is 5.75 Å². The van der Waals surface area contributed by atoms with Crippen molar-refractivity contribution in [2.45, 2.75) is 6.42 Å². The molecule has 0 bridgehead atoms. The molecule has 1 saturated heterocycles. The van der Waals surface area contributed by atoms with Gasteiger partial charge in [0.25, 0.3) is 0 Å². The van der Waals surface area contributed by atoms with Crippen LogP contribution < -0.4 is 4.74 Å². The molecule has 23 heavy (non-hydrogen) atoms. The summed E-state index contributed by atoms with van der Waals surface area (Å²) in [5, 5.41) is 0.826. The van der Waals surface area contributed by atoms with Crippen LogP contribution in [0.15, 0.2) is 12.1 Å². The van der Waals surface area contributed by atoms with Crippen LogP contribution in [0, 0.1) is 0 Å². The minimum Gasteiger partial charge on any atom is -0.495 e. The first-order valence-electron chi connectivity index (χ1n) is 7.08. The van der Waals surface area contributed by atoms with E-state index in [-0.39, 0.29) is 18.4 Å². The molecule has 0 atom stereocenters. The van der Waals surface area contributed by atoms with Gasteiger partial charge in [0.05, 0.1) is 25.7 Å². The van der Waals surface area contributed by atoms with Gasteiger partial charge in [0.2, 0.25) is 5.91 Å². The second-order valence-corrected chi connectivity index (χ2v) is 5.94. The summed E-state index contributed by atoms with van der Waals surface area (Å²) in [5.74, 6) is 0.392. The van der Waals surface area contributed by atoms with Crippen LogP contribution in [0.1, 0.15) is 5.56 Å². The summed E-state index contributed by atoms with van der Waals surface area (Å²) in [4.78, 5) is 27.2. The maximum absolute atomic E-state index is 12.5. The third-order valence-electron chi connectivity index (χ3n) is 3.70. The van der Waals surface area contributed by atoms with Gasteiger partial charge in [-0.2, -0.15) is 0 Å². The Labute approximate surface area is 144 Å². The van der Waals surface area contributed by atoms with Crippen molar-refractivity contribution in [2.75, 3.05) is 40.4 Å². The van der Waals surface area contributed by atoms with Crippen molar-refractivity contribution in [3.8, 4) is 5.75 Å². The number of amides is 2. The molecule has 2 rings (SSSR count). The first-order valence-corrected chi connectivity index (χ1v) is 7.84. The van der Waals surface area contributed by atoms with Gasteiger partial charge < -0.3 is 19.3 Å². The molecule has 2 amide bonds. The normalized spacial score (nSPS) is 14.6. The molecule has 0 radical (unpaired) electrons. The van der Waals surface area contributed by atoms with E-state index < -0.39 is 0 Å². The van der Waals surface area contributed by atoms with E-state index in [9.17, 15) is 9.59 Å². The average Bonchev–Trinajstić information content (AvgIpc) is 2.54. The van der Waals surface area contributed by atoms with Crippen LogP contribution in [0.2, 0.25) is 10.0 Å². The number of carbonyl (C=O) groups excluding carboxylic acids is 2. The highest BCUT2D eigenvalue weighted by Gasteiger charge is 2.25. The number of methoxy groups -OCH3 is 2. The van der Waals surface area contributed by atoms with Crippen molar-refractivity contribution in [3.63, 3.8) is 0 Å². The lowest BCUT2D eigenvalue weighted by molar-refractivity contribution is -0.132. The quantitative estimate of drug-likeness (QED) is 0.830. The number of rotatable bonds is 3. The fourth-order valence-electron chi connectivity index (χ4n) is 2.52. The van der Waals surface area contributed by atoms with Crippen LogP contribution >= 0.6 is 23.2 Å². The fraction of sp³-hybridized carbons (Fsp3) is 0.467. The Morgan fingerprint density at radius 3 is 2.26 bits per heavy atom. The minimum absolute atomic E-state index is 0.0638. The summed E-state index contributed by atoms with van der Waals surface area (Å²) in [6.07, 6.45) is -0.234. The van der Waals surface area contributed by atoms with E-state index in [0.29, 0.717) is 47.5 Å². The third-order valence-corrected chi connectivity index (χ3v) is 4.20. The Kier molecular flexibility index (Phi) is 5.96. The van der Waals surface area contributed by atoms with Crippen molar-refractivity contribution < 1.29 is 19.1 Å². The summed E-state index contributed by atoms with van der Waals surface area (Å²) in [5.41, 5.74) is 0.644. The molecule has 1 aliphatic rings. The SMILES string of the molecule is COC(=O)N1CCN(C(=O)Cc2cc(Cl)cc(Cl)c2OC)CC1. The summed E-state index contributed by atoms with van der Waals surface area (Å²) >= 11 is 12.1. The molecule has 0 unspecified atom stereocenters. The van der Waals surface area contributed by atoms with Gasteiger partial charge in [-0.05, 0) is 12.1 Å². The van der Waals surface area contributed by atoms with E-state index in [1.54, 1.807) is 21.9 Å². The maximum Gasteiger partial charge on any atom is 0.409 e. The summed E-state index contributed by atoms with van der Waals surface area (Å²) in [6, 6.07) is 3.25. The summed E-state index contributed by atoms with van der Waals surface area (Å²) < 4.78 is 9.93. The van der Waals surface area contributed by atoms with E-state index in [4.69, 9.17) is 27.9 Å². The zero-order valence-corrected chi connectivity index (χ0v) is 14.5. The Bertz CT molecular complexity index is 601. The number of nitrogens with zero attached hydrogens (tertiary/aromatic N) is 2. The Morgan fingerprint density at radius 1 is 1.09 bits per heavy atom. The first-order chi connectivity index (χ1) is 11.0. The average molecular weight is 361 g/mol. The molecular formula is C15H18Cl2N2O4. The van der Waals surface area contributed by atoms with E-state index >= 15 is 0 Å². The van der Waals surface area contributed by atoms with Crippen LogP contribution in [-0.4, -0.2) is 62.2 Å². The molecule has 0 N–H and O–H groups in total. The van der Waals surface area contributed by atoms with Crippen molar-refractivity contribution in [2.24, 2.45) is 0 Å². The molecule has 6 nitrogen and oxygen atoms in total. The predicted molar refractivity (Wildman–Crippen MR) is 87.3 cm³/mol. The van der Waals surface area contributed by atoms with Crippen LogP contribution in [-0.2, 0) is 16.0 Å². The highest BCUT2D eigenvalue weighted by Crippen LogP contribution is 2.32. The van der Waals surface area contributed by atoms with Crippen molar-refractivity contribution in [1.29, 1.82) is 0 Å². The molecule has 1 aromatic carbocycles. The number of piperazine rings is 1. The van der Waals surface area contributed by atoms with Crippen LogP contribution in [0.25, 0.3) is 0 Å². The number of ether oxygens (including phenoxy) is 2. The molecule has 0 saturated carbocycles. The number of carbonyl (C=O) groups is 2. The highest BCUT2D eigenvalue weighted by molar-refractivity contribution is 6.35. The van der Waals surface area contributed by atoms with E-state index in [0.717, 1.165) is 0 Å². The van der Waals surface area contributed by atoms with Crippen LogP contribution in [0.3, 0.4) is 0 Å². The topological polar surface area (TPSA) is 59.1 Å². The second-order valence-electron chi connectivity index (χ2n) is 5.09. The zero-order chi connectivity index (χ0) is 17.0. The lowest BCUT2D eigenvalue weighted by Crippen LogP contribution is -2.50. The van der Waals surface area contributed by atoms with E-state index in [2.05, 4.69) is 4.74 Å². The fourth-order valence-corrected chi connectivity index (χ4v) is 3.13. The van der Waals surface area contributed by atoms with Gasteiger partial charge in [0.1, 0.15) is 5.75 Å². The van der Waals surface area contributed by atoms with Gasteiger partial charge in [-0.3, -0.25) is 4.79 Å². The molecule has 1 heterocycles. The van der Waals surface area contributed by atoms with Crippen LogP contribution in [0.4, 0.5) is 4.79 Å². The smallest absolute Gasteiger partial charge is 0.409 e. The zero-order valence-electron chi connectivity index (χ0n) is 13.0. The lowest BCUT2D eigenvalue weighted by Gasteiger charge is -2.34. The van der Waals surface area contributed by atoms with E-state index in [1.807, 2.05) is 0 Å². The molecular weight excluding hydrogens is 343 g/mol. The molecule has 1 fully saturated rings. The number of halogens is 2. The molecule has 0 spiro atoms. The first kappa shape index (κ1) is 17.7.